The molecule has 0 spiro atoms. The van der Waals surface area contributed by atoms with Crippen LogP contribution in [0.2, 0.25) is 0 Å². The summed E-state index contributed by atoms with van der Waals surface area (Å²) in [6, 6.07) is 11.8. The van der Waals surface area contributed by atoms with Crippen LogP contribution >= 0.6 is 0 Å². The minimum absolute atomic E-state index is 0.125. The molecule has 25 heavy (non-hydrogen) atoms. The van der Waals surface area contributed by atoms with Crippen molar-refractivity contribution in [3.63, 3.8) is 0 Å². The zero-order chi connectivity index (χ0) is 17.7. The van der Waals surface area contributed by atoms with Crippen LogP contribution in [0.3, 0.4) is 0 Å². The monoisotopic (exact) mass is 340 g/mol. The summed E-state index contributed by atoms with van der Waals surface area (Å²) in [4.78, 5) is 16.5. The van der Waals surface area contributed by atoms with Crippen molar-refractivity contribution in [2.75, 3.05) is 19.8 Å². The Morgan fingerprint density at radius 2 is 2.04 bits per heavy atom. The van der Waals surface area contributed by atoms with Crippen molar-refractivity contribution in [3.8, 4) is 0 Å². The second-order valence-corrected chi connectivity index (χ2v) is 6.65. The number of hydrogen-bond donors (Lipinski definition) is 1. The highest BCUT2D eigenvalue weighted by atomic mass is 16.7. The Labute approximate surface area is 148 Å². The first-order valence-corrected chi connectivity index (χ1v) is 8.64. The number of rotatable bonds is 6. The van der Waals surface area contributed by atoms with Gasteiger partial charge in [0.25, 0.3) is 0 Å². The van der Waals surface area contributed by atoms with Crippen LogP contribution in [-0.2, 0) is 14.3 Å². The normalized spacial score (nSPS) is 17.8. The highest BCUT2D eigenvalue weighted by Gasteiger charge is 2.32. The molecule has 1 fully saturated rings. The lowest BCUT2D eigenvalue weighted by atomic mass is 10.0. The van der Waals surface area contributed by atoms with Crippen LogP contribution < -0.4 is 5.32 Å². The molecule has 132 valence electrons. The molecule has 0 radical (unpaired) electrons. The highest BCUT2D eigenvalue weighted by molar-refractivity contribution is 5.91. The Balaban J connectivity index is 1.50. The molecular weight excluding hydrogens is 316 g/mol. The first-order valence-electron chi connectivity index (χ1n) is 8.64. The first-order chi connectivity index (χ1) is 12.0. The van der Waals surface area contributed by atoms with E-state index in [1.165, 1.54) is 6.08 Å². The van der Waals surface area contributed by atoms with Crippen LogP contribution in [0.15, 0.2) is 42.5 Å². The molecule has 3 rings (SSSR count). The maximum atomic E-state index is 12.0. The third-order valence-electron chi connectivity index (χ3n) is 4.27. The summed E-state index contributed by atoms with van der Waals surface area (Å²) >= 11 is 0. The quantitative estimate of drug-likeness (QED) is 0.821. The van der Waals surface area contributed by atoms with E-state index in [1.807, 2.05) is 43.3 Å². The Kier molecular flexibility index (Phi) is 5.46. The topological polar surface area (TPSA) is 60.5 Å². The van der Waals surface area contributed by atoms with Crippen LogP contribution in [-0.4, -0.2) is 36.4 Å². The molecule has 1 aromatic carbocycles. The van der Waals surface area contributed by atoms with Crippen LogP contribution in [0.5, 0.6) is 0 Å². The molecule has 2 aromatic rings. The smallest absolute Gasteiger partial charge is 0.244 e. The summed E-state index contributed by atoms with van der Waals surface area (Å²) in [5, 5.41) is 4.00. The summed E-state index contributed by atoms with van der Waals surface area (Å²) in [6.07, 6.45) is 4.01. The Morgan fingerprint density at radius 1 is 1.28 bits per heavy atom. The van der Waals surface area contributed by atoms with E-state index in [2.05, 4.69) is 17.2 Å². The second kappa shape index (κ2) is 7.76. The van der Waals surface area contributed by atoms with Crippen molar-refractivity contribution in [1.29, 1.82) is 0 Å². The number of hydrogen-bond acceptors (Lipinski definition) is 4. The summed E-state index contributed by atoms with van der Waals surface area (Å²) in [7, 11) is 0. The number of carbonyl (C=O) groups is 1. The van der Waals surface area contributed by atoms with Gasteiger partial charge in [-0.25, -0.2) is 4.98 Å². The van der Waals surface area contributed by atoms with Crippen LogP contribution in [0.25, 0.3) is 17.0 Å². The maximum Gasteiger partial charge on any atom is 0.244 e. The lowest BCUT2D eigenvalue weighted by molar-refractivity contribution is -0.154. The summed E-state index contributed by atoms with van der Waals surface area (Å²) in [6.45, 7) is 5.87. The molecule has 5 heteroatoms. The minimum atomic E-state index is -0.519. The number of fused-ring (bicyclic) bond motifs is 1. The van der Waals surface area contributed by atoms with E-state index in [0.717, 1.165) is 23.0 Å². The van der Waals surface area contributed by atoms with Gasteiger partial charge in [-0.3, -0.25) is 4.79 Å². The molecule has 1 aliphatic heterocycles. The molecule has 1 aromatic heterocycles. The molecule has 0 aliphatic carbocycles. The Hall–Kier alpha value is -2.24. The van der Waals surface area contributed by atoms with Crippen molar-refractivity contribution in [2.45, 2.75) is 26.1 Å². The fraction of sp³-hybridized carbons (Fsp3) is 0.400. The zero-order valence-corrected chi connectivity index (χ0v) is 14.7. The van der Waals surface area contributed by atoms with Crippen molar-refractivity contribution in [3.05, 3.63) is 48.2 Å². The van der Waals surface area contributed by atoms with Gasteiger partial charge in [-0.2, -0.15) is 0 Å². The Bertz CT molecular complexity index is 766. The lowest BCUT2D eigenvalue weighted by Gasteiger charge is -2.25. The van der Waals surface area contributed by atoms with E-state index in [-0.39, 0.29) is 11.8 Å². The van der Waals surface area contributed by atoms with Gasteiger partial charge in [0.05, 0.1) is 24.4 Å². The van der Waals surface area contributed by atoms with Gasteiger partial charge in [-0.05, 0) is 31.1 Å². The highest BCUT2D eigenvalue weighted by Crippen LogP contribution is 2.26. The molecule has 1 N–H and O–H groups in total. The summed E-state index contributed by atoms with van der Waals surface area (Å²) in [5.74, 6) is -0.380. The number of nitrogens with zero attached hydrogens (tertiary/aromatic N) is 1. The van der Waals surface area contributed by atoms with Gasteiger partial charge >= 0.3 is 0 Å². The van der Waals surface area contributed by atoms with Gasteiger partial charge in [0.1, 0.15) is 0 Å². The average Bonchev–Trinajstić information content (AvgIpc) is 3.04. The zero-order valence-electron chi connectivity index (χ0n) is 14.7. The number of benzene rings is 1. The number of carbonyl (C=O) groups excluding carboxylic acids is 1. The fourth-order valence-corrected chi connectivity index (χ4v) is 3.05. The molecule has 1 unspecified atom stereocenters. The van der Waals surface area contributed by atoms with Crippen molar-refractivity contribution in [1.82, 2.24) is 10.3 Å². The van der Waals surface area contributed by atoms with Crippen LogP contribution in [0.4, 0.5) is 0 Å². The molecule has 1 aliphatic rings. The van der Waals surface area contributed by atoms with Gasteiger partial charge in [-0.1, -0.05) is 31.2 Å². The van der Waals surface area contributed by atoms with Crippen molar-refractivity contribution < 1.29 is 14.3 Å². The molecular formula is C20H24N2O3. The molecule has 0 saturated carbocycles. The number of nitrogens with one attached hydrogen (secondary N) is 1. The second-order valence-electron chi connectivity index (χ2n) is 6.65. The third kappa shape index (κ3) is 4.87. The van der Waals surface area contributed by atoms with E-state index in [1.54, 1.807) is 6.08 Å². The summed E-state index contributed by atoms with van der Waals surface area (Å²) in [5.41, 5.74) is 1.69. The van der Waals surface area contributed by atoms with Gasteiger partial charge in [0, 0.05) is 24.4 Å². The van der Waals surface area contributed by atoms with Crippen molar-refractivity contribution >= 4 is 22.9 Å². The molecule has 1 amide bonds. The number of aromatic nitrogens is 1. The molecule has 5 nitrogen and oxygen atoms in total. The maximum absolute atomic E-state index is 12.0. The van der Waals surface area contributed by atoms with Gasteiger partial charge in [-0.15, -0.1) is 0 Å². The average molecular weight is 340 g/mol. The molecule has 1 saturated heterocycles. The van der Waals surface area contributed by atoms with Gasteiger partial charge < -0.3 is 14.8 Å². The minimum Gasteiger partial charge on any atom is -0.352 e. The first kappa shape index (κ1) is 17.6. The Morgan fingerprint density at radius 3 is 2.84 bits per heavy atom. The SMILES string of the molecule is CC(CNC(=O)/C=C/c1ccc2ccccc2n1)CC1(C)OCCO1. The van der Waals surface area contributed by atoms with E-state index in [0.29, 0.717) is 19.8 Å². The van der Waals surface area contributed by atoms with Gasteiger partial charge in [0.15, 0.2) is 5.79 Å². The number of amides is 1. The largest absolute Gasteiger partial charge is 0.352 e. The van der Waals surface area contributed by atoms with Crippen LogP contribution in [0.1, 0.15) is 26.0 Å². The number of pyridine rings is 1. The predicted molar refractivity (Wildman–Crippen MR) is 97.9 cm³/mol. The predicted octanol–water partition coefficient (Wildman–Crippen LogP) is 3.15. The third-order valence-corrected chi connectivity index (χ3v) is 4.27. The molecule has 1 atom stereocenters. The molecule has 2 heterocycles. The lowest BCUT2D eigenvalue weighted by Crippen LogP contribution is -2.33. The van der Waals surface area contributed by atoms with Crippen LogP contribution in [0, 0.1) is 5.92 Å². The van der Waals surface area contributed by atoms with E-state index in [4.69, 9.17) is 9.47 Å². The van der Waals surface area contributed by atoms with E-state index >= 15 is 0 Å². The van der Waals surface area contributed by atoms with Gasteiger partial charge in [0.2, 0.25) is 5.91 Å². The number of para-hydroxylation sites is 1. The number of ether oxygens (including phenoxy) is 2. The fourth-order valence-electron chi connectivity index (χ4n) is 3.05. The van der Waals surface area contributed by atoms with E-state index < -0.39 is 5.79 Å². The van der Waals surface area contributed by atoms with Crippen molar-refractivity contribution in [2.24, 2.45) is 5.92 Å². The summed E-state index contributed by atoms with van der Waals surface area (Å²) < 4.78 is 11.2. The standard InChI is InChI=1S/C20H24N2O3/c1-15(13-20(2)24-11-12-25-20)14-21-19(23)10-9-17-8-7-16-5-3-4-6-18(16)22-17/h3-10,15H,11-14H2,1-2H3,(H,21,23)/b10-9+. The van der Waals surface area contributed by atoms with E-state index in [9.17, 15) is 4.79 Å². The molecule has 0 bridgehead atoms.